The maximum absolute atomic E-state index is 9.11. The molecule has 1 aromatic rings. The standard InChI is InChI=1S/C14H26N4O/c1-4-6-7-18(8-9-19)11-14-16-12(3)10-13(17-14)15-5-2/h10,19H,4-9,11H2,1-3H3,(H,15,16,17). The highest BCUT2D eigenvalue weighted by Gasteiger charge is 2.08. The number of aromatic nitrogens is 2. The fraction of sp³-hybridized carbons (Fsp3) is 0.714. The van der Waals surface area contributed by atoms with Crippen LogP contribution in [-0.2, 0) is 6.54 Å². The number of rotatable bonds is 9. The first kappa shape index (κ1) is 15.9. The molecule has 0 atom stereocenters. The van der Waals surface area contributed by atoms with Gasteiger partial charge in [-0.25, -0.2) is 9.97 Å². The van der Waals surface area contributed by atoms with E-state index in [9.17, 15) is 0 Å². The summed E-state index contributed by atoms with van der Waals surface area (Å²) in [6, 6.07) is 1.95. The van der Waals surface area contributed by atoms with Crippen molar-refractivity contribution in [2.75, 3.05) is 31.6 Å². The normalized spacial score (nSPS) is 11.0. The number of nitrogens with zero attached hydrogens (tertiary/aromatic N) is 3. The van der Waals surface area contributed by atoms with Gasteiger partial charge in [0.25, 0.3) is 0 Å². The fourth-order valence-electron chi connectivity index (χ4n) is 1.97. The van der Waals surface area contributed by atoms with Crippen molar-refractivity contribution in [3.8, 4) is 0 Å². The summed E-state index contributed by atoms with van der Waals surface area (Å²) in [7, 11) is 0. The molecule has 108 valence electrons. The summed E-state index contributed by atoms with van der Waals surface area (Å²) in [6.07, 6.45) is 2.28. The summed E-state index contributed by atoms with van der Waals surface area (Å²) in [5.41, 5.74) is 0.973. The first-order valence-electron chi connectivity index (χ1n) is 7.11. The van der Waals surface area contributed by atoms with Gasteiger partial charge in [0, 0.05) is 24.8 Å². The second-order valence-electron chi connectivity index (χ2n) is 4.69. The van der Waals surface area contributed by atoms with Gasteiger partial charge in [-0.05, 0) is 26.8 Å². The van der Waals surface area contributed by atoms with E-state index in [0.717, 1.165) is 43.3 Å². The van der Waals surface area contributed by atoms with E-state index >= 15 is 0 Å². The average molecular weight is 266 g/mol. The van der Waals surface area contributed by atoms with Crippen molar-refractivity contribution in [1.29, 1.82) is 0 Å². The third-order valence-corrected chi connectivity index (χ3v) is 2.87. The van der Waals surface area contributed by atoms with E-state index in [-0.39, 0.29) is 6.61 Å². The largest absolute Gasteiger partial charge is 0.395 e. The molecule has 0 aliphatic heterocycles. The molecule has 0 amide bonds. The number of aryl methyl sites for hydroxylation is 1. The molecule has 19 heavy (non-hydrogen) atoms. The van der Waals surface area contributed by atoms with Crippen molar-refractivity contribution in [3.05, 3.63) is 17.6 Å². The molecule has 1 aromatic heterocycles. The Hall–Kier alpha value is -1.20. The molecule has 0 radical (unpaired) electrons. The van der Waals surface area contributed by atoms with Crippen LogP contribution in [0.4, 0.5) is 5.82 Å². The lowest BCUT2D eigenvalue weighted by Gasteiger charge is -2.20. The smallest absolute Gasteiger partial charge is 0.144 e. The van der Waals surface area contributed by atoms with E-state index in [1.54, 1.807) is 0 Å². The second kappa shape index (κ2) is 8.82. The summed E-state index contributed by atoms with van der Waals surface area (Å²) in [6.45, 7) is 9.58. The van der Waals surface area contributed by atoms with Crippen molar-refractivity contribution in [3.63, 3.8) is 0 Å². The molecule has 1 heterocycles. The minimum Gasteiger partial charge on any atom is -0.395 e. The minimum atomic E-state index is 0.176. The van der Waals surface area contributed by atoms with Crippen LogP contribution in [0, 0.1) is 6.92 Å². The first-order valence-corrected chi connectivity index (χ1v) is 7.11. The zero-order valence-electron chi connectivity index (χ0n) is 12.3. The summed E-state index contributed by atoms with van der Waals surface area (Å²) in [4.78, 5) is 11.2. The van der Waals surface area contributed by atoms with Gasteiger partial charge in [0.15, 0.2) is 0 Å². The van der Waals surface area contributed by atoms with Gasteiger partial charge in [-0.15, -0.1) is 0 Å². The lowest BCUT2D eigenvalue weighted by molar-refractivity contribution is 0.185. The number of anilines is 1. The van der Waals surface area contributed by atoms with Gasteiger partial charge in [0.1, 0.15) is 11.6 Å². The molecule has 5 heteroatoms. The Bertz CT molecular complexity index is 370. The molecule has 0 unspecified atom stereocenters. The van der Waals surface area contributed by atoms with Gasteiger partial charge < -0.3 is 10.4 Å². The average Bonchev–Trinajstić information content (AvgIpc) is 2.36. The van der Waals surface area contributed by atoms with E-state index in [1.807, 2.05) is 13.0 Å². The molecule has 0 spiro atoms. The Morgan fingerprint density at radius 1 is 1.26 bits per heavy atom. The van der Waals surface area contributed by atoms with Crippen LogP contribution in [0.3, 0.4) is 0 Å². The van der Waals surface area contributed by atoms with Crippen LogP contribution in [-0.4, -0.2) is 46.2 Å². The predicted molar refractivity (Wildman–Crippen MR) is 78.2 cm³/mol. The lowest BCUT2D eigenvalue weighted by Crippen LogP contribution is -2.28. The van der Waals surface area contributed by atoms with Crippen LogP contribution in [0.1, 0.15) is 38.2 Å². The van der Waals surface area contributed by atoms with Crippen LogP contribution in [0.25, 0.3) is 0 Å². The minimum absolute atomic E-state index is 0.176. The third kappa shape index (κ3) is 5.98. The molecule has 0 aliphatic carbocycles. The molecular weight excluding hydrogens is 240 g/mol. The predicted octanol–water partition coefficient (Wildman–Crippen LogP) is 1.81. The second-order valence-corrected chi connectivity index (χ2v) is 4.69. The van der Waals surface area contributed by atoms with Crippen molar-refractivity contribution in [2.24, 2.45) is 0 Å². The van der Waals surface area contributed by atoms with E-state index in [2.05, 4.69) is 34.0 Å². The van der Waals surface area contributed by atoms with E-state index in [1.165, 1.54) is 0 Å². The summed E-state index contributed by atoms with van der Waals surface area (Å²) < 4.78 is 0. The molecule has 5 nitrogen and oxygen atoms in total. The van der Waals surface area contributed by atoms with E-state index in [4.69, 9.17) is 5.11 Å². The molecule has 0 saturated carbocycles. The number of aliphatic hydroxyl groups is 1. The molecule has 0 bridgehead atoms. The number of aliphatic hydroxyl groups excluding tert-OH is 1. The van der Waals surface area contributed by atoms with Gasteiger partial charge in [0.2, 0.25) is 0 Å². The van der Waals surface area contributed by atoms with Crippen molar-refractivity contribution in [1.82, 2.24) is 14.9 Å². The van der Waals surface area contributed by atoms with Crippen LogP contribution in [0.5, 0.6) is 0 Å². The van der Waals surface area contributed by atoms with Gasteiger partial charge in [-0.3, -0.25) is 4.90 Å². The van der Waals surface area contributed by atoms with Gasteiger partial charge in [-0.2, -0.15) is 0 Å². The van der Waals surface area contributed by atoms with E-state index in [0.29, 0.717) is 13.1 Å². The van der Waals surface area contributed by atoms with Crippen molar-refractivity contribution >= 4 is 5.82 Å². The number of nitrogens with one attached hydrogen (secondary N) is 1. The Morgan fingerprint density at radius 3 is 2.68 bits per heavy atom. The highest BCUT2D eigenvalue weighted by molar-refractivity contribution is 5.35. The van der Waals surface area contributed by atoms with Gasteiger partial charge in [-0.1, -0.05) is 13.3 Å². The zero-order chi connectivity index (χ0) is 14.1. The van der Waals surface area contributed by atoms with Crippen LogP contribution < -0.4 is 5.32 Å². The molecule has 0 fully saturated rings. The number of hydrogen-bond donors (Lipinski definition) is 2. The Morgan fingerprint density at radius 2 is 2.05 bits per heavy atom. The number of hydrogen-bond acceptors (Lipinski definition) is 5. The van der Waals surface area contributed by atoms with Crippen molar-refractivity contribution < 1.29 is 5.11 Å². The Balaban J connectivity index is 2.71. The van der Waals surface area contributed by atoms with Crippen LogP contribution in [0.2, 0.25) is 0 Å². The summed E-state index contributed by atoms with van der Waals surface area (Å²) >= 11 is 0. The zero-order valence-corrected chi connectivity index (χ0v) is 12.3. The van der Waals surface area contributed by atoms with Gasteiger partial charge >= 0.3 is 0 Å². The Kier molecular flexibility index (Phi) is 7.36. The monoisotopic (exact) mass is 266 g/mol. The van der Waals surface area contributed by atoms with Crippen LogP contribution >= 0.6 is 0 Å². The highest BCUT2D eigenvalue weighted by atomic mass is 16.3. The molecule has 2 N–H and O–H groups in total. The van der Waals surface area contributed by atoms with Crippen LogP contribution in [0.15, 0.2) is 6.07 Å². The van der Waals surface area contributed by atoms with Gasteiger partial charge in [0.05, 0.1) is 13.2 Å². The lowest BCUT2D eigenvalue weighted by atomic mass is 10.3. The SMILES string of the molecule is CCCCN(CCO)Cc1nc(C)cc(NCC)n1. The third-order valence-electron chi connectivity index (χ3n) is 2.87. The molecular formula is C14H26N4O. The molecule has 0 saturated heterocycles. The molecule has 0 aromatic carbocycles. The topological polar surface area (TPSA) is 61.3 Å². The fourth-order valence-corrected chi connectivity index (χ4v) is 1.97. The maximum atomic E-state index is 9.11. The van der Waals surface area contributed by atoms with Crippen molar-refractivity contribution in [2.45, 2.75) is 40.2 Å². The van der Waals surface area contributed by atoms with E-state index < -0.39 is 0 Å². The Labute approximate surface area is 116 Å². The maximum Gasteiger partial charge on any atom is 0.144 e. The quantitative estimate of drug-likeness (QED) is 0.714. The highest BCUT2D eigenvalue weighted by Crippen LogP contribution is 2.08. The summed E-state index contributed by atoms with van der Waals surface area (Å²) in [5.74, 6) is 1.70. The summed E-state index contributed by atoms with van der Waals surface area (Å²) in [5, 5.41) is 12.3. The first-order chi connectivity index (χ1) is 9.19. The number of unbranched alkanes of at least 4 members (excludes halogenated alkanes) is 1. The molecule has 0 aliphatic rings. The molecule has 1 rings (SSSR count).